The largest absolute Gasteiger partial charge is 0.342 e. The lowest BCUT2D eigenvalue weighted by Crippen LogP contribution is -2.42. The van der Waals surface area contributed by atoms with Crippen LogP contribution in [0.3, 0.4) is 0 Å². The third-order valence-electron chi connectivity index (χ3n) is 5.97. The van der Waals surface area contributed by atoms with Crippen molar-refractivity contribution in [3.05, 3.63) is 39.3 Å². The molecule has 2 aliphatic rings. The Kier molecular flexibility index (Phi) is 5.19. The van der Waals surface area contributed by atoms with Gasteiger partial charge in [0.2, 0.25) is 11.8 Å². The number of benzene rings is 1. The molecule has 2 aromatic rings. The average Bonchev–Trinajstić information content (AvgIpc) is 3.29. The first-order valence-electron chi connectivity index (χ1n) is 9.89. The minimum absolute atomic E-state index is 0.0424. The number of carbonyl (C=O) groups is 2. The molecule has 2 saturated heterocycles. The summed E-state index contributed by atoms with van der Waals surface area (Å²) in [5.74, 6) is 0.314. The van der Waals surface area contributed by atoms with Gasteiger partial charge >= 0.3 is 0 Å². The Bertz CT molecular complexity index is 902. The van der Waals surface area contributed by atoms with E-state index in [0.717, 1.165) is 47.2 Å². The minimum Gasteiger partial charge on any atom is -0.342 e. The van der Waals surface area contributed by atoms with Crippen LogP contribution in [-0.4, -0.2) is 46.5 Å². The molecule has 0 bridgehead atoms. The lowest BCUT2D eigenvalue weighted by Gasteiger charge is -2.32. The summed E-state index contributed by atoms with van der Waals surface area (Å²) in [5.41, 5.74) is 3.26. The summed E-state index contributed by atoms with van der Waals surface area (Å²) in [6.45, 7) is 8.02. The van der Waals surface area contributed by atoms with Crippen LogP contribution in [0.1, 0.15) is 46.3 Å². The lowest BCUT2D eigenvalue weighted by atomic mass is 9.96. The van der Waals surface area contributed by atoms with Gasteiger partial charge in [-0.1, -0.05) is 6.07 Å². The molecule has 0 N–H and O–H groups in total. The summed E-state index contributed by atoms with van der Waals surface area (Å²) in [6.07, 6.45) is 2.14. The lowest BCUT2D eigenvalue weighted by molar-refractivity contribution is -0.136. The predicted molar refractivity (Wildman–Crippen MR) is 110 cm³/mol. The van der Waals surface area contributed by atoms with Crippen molar-refractivity contribution in [2.75, 3.05) is 24.5 Å². The first-order chi connectivity index (χ1) is 13.4. The minimum atomic E-state index is -0.241. The Balaban J connectivity index is 1.38. The fourth-order valence-electron chi connectivity index (χ4n) is 4.10. The van der Waals surface area contributed by atoms with Crippen LogP contribution in [0.15, 0.2) is 18.2 Å². The van der Waals surface area contributed by atoms with E-state index >= 15 is 0 Å². The van der Waals surface area contributed by atoms with Crippen molar-refractivity contribution in [3.8, 4) is 0 Å². The number of aromatic nitrogens is 2. The van der Waals surface area contributed by atoms with Crippen LogP contribution in [0.4, 0.5) is 5.69 Å². The molecule has 1 atom stereocenters. The molecule has 2 amide bonds. The molecular weight excluding hydrogens is 372 g/mol. The van der Waals surface area contributed by atoms with Gasteiger partial charge < -0.3 is 9.80 Å². The quantitative estimate of drug-likeness (QED) is 0.796. The van der Waals surface area contributed by atoms with Gasteiger partial charge in [0.15, 0.2) is 0 Å². The Morgan fingerprint density at radius 2 is 1.86 bits per heavy atom. The number of nitrogens with zero attached hydrogens (tertiary/aromatic N) is 4. The zero-order valence-corrected chi connectivity index (χ0v) is 17.5. The molecule has 1 unspecified atom stereocenters. The maximum absolute atomic E-state index is 13.0. The number of amides is 2. The van der Waals surface area contributed by atoms with E-state index in [0.29, 0.717) is 18.9 Å². The van der Waals surface area contributed by atoms with Crippen LogP contribution in [0, 0.1) is 26.7 Å². The van der Waals surface area contributed by atoms with Gasteiger partial charge in [-0.05, 0) is 56.9 Å². The molecule has 1 aromatic carbocycles. The van der Waals surface area contributed by atoms with Crippen LogP contribution in [0.25, 0.3) is 0 Å². The second-order valence-corrected chi connectivity index (χ2v) is 9.15. The highest BCUT2D eigenvalue weighted by Gasteiger charge is 2.38. The number of anilines is 1. The van der Waals surface area contributed by atoms with Gasteiger partial charge in [-0.3, -0.25) is 9.59 Å². The normalized spacial score (nSPS) is 20.8. The third-order valence-corrected chi connectivity index (χ3v) is 6.98. The van der Waals surface area contributed by atoms with Crippen molar-refractivity contribution in [3.63, 3.8) is 0 Å². The van der Waals surface area contributed by atoms with E-state index in [1.807, 2.05) is 36.9 Å². The summed E-state index contributed by atoms with van der Waals surface area (Å²) in [6, 6.07) is 6.05. The van der Waals surface area contributed by atoms with E-state index in [1.165, 1.54) is 5.56 Å². The number of piperidine rings is 1. The molecule has 0 spiro atoms. The van der Waals surface area contributed by atoms with Crippen molar-refractivity contribution in [2.45, 2.75) is 46.0 Å². The highest BCUT2D eigenvalue weighted by atomic mass is 32.1. The maximum Gasteiger partial charge on any atom is 0.228 e. The highest BCUT2D eigenvalue weighted by molar-refractivity contribution is 7.11. The second-order valence-electron chi connectivity index (χ2n) is 7.93. The average molecular weight is 399 g/mol. The van der Waals surface area contributed by atoms with Crippen LogP contribution < -0.4 is 4.90 Å². The van der Waals surface area contributed by atoms with E-state index in [4.69, 9.17) is 0 Å². The van der Waals surface area contributed by atoms with E-state index in [2.05, 4.69) is 17.1 Å². The van der Waals surface area contributed by atoms with Crippen molar-refractivity contribution < 1.29 is 9.59 Å². The summed E-state index contributed by atoms with van der Waals surface area (Å²) in [7, 11) is 0. The van der Waals surface area contributed by atoms with Crippen molar-refractivity contribution >= 4 is 28.8 Å². The van der Waals surface area contributed by atoms with Crippen LogP contribution in [-0.2, 0) is 9.59 Å². The first kappa shape index (κ1) is 19.1. The number of aryl methyl sites for hydroxylation is 3. The molecule has 28 heavy (non-hydrogen) atoms. The molecule has 0 aliphatic carbocycles. The Hall–Kier alpha value is -2.28. The van der Waals surface area contributed by atoms with Crippen LogP contribution in [0.5, 0.6) is 0 Å². The Morgan fingerprint density at radius 3 is 2.50 bits per heavy atom. The zero-order valence-electron chi connectivity index (χ0n) is 16.6. The van der Waals surface area contributed by atoms with Gasteiger partial charge in [0, 0.05) is 37.7 Å². The number of hydrogen-bond donors (Lipinski definition) is 0. The van der Waals surface area contributed by atoms with Gasteiger partial charge in [0.05, 0.1) is 5.92 Å². The van der Waals surface area contributed by atoms with E-state index in [9.17, 15) is 9.59 Å². The standard InChI is InChI=1S/C21H26N4O2S/c1-13-4-5-18(10-14(13)2)25-12-17(11-19(25)26)21(27)24-8-6-16(7-9-24)20-23-22-15(3)28-20/h4-5,10,16-17H,6-9,11-12H2,1-3H3. The van der Waals surface area contributed by atoms with Gasteiger partial charge in [0.25, 0.3) is 0 Å². The second kappa shape index (κ2) is 7.62. The highest BCUT2D eigenvalue weighted by Crippen LogP contribution is 2.32. The number of hydrogen-bond acceptors (Lipinski definition) is 5. The summed E-state index contributed by atoms with van der Waals surface area (Å²) < 4.78 is 0. The fraction of sp³-hybridized carbons (Fsp3) is 0.524. The van der Waals surface area contributed by atoms with Crippen molar-refractivity contribution in [1.82, 2.24) is 15.1 Å². The SMILES string of the molecule is Cc1nnc(C2CCN(C(=O)C3CC(=O)N(c4ccc(C)c(C)c4)C3)CC2)s1. The van der Waals surface area contributed by atoms with Crippen LogP contribution in [0.2, 0.25) is 0 Å². The molecule has 2 aliphatic heterocycles. The monoisotopic (exact) mass is 398 g/mol. The fourth-order valence-corrected chi connectivity index (χ4v) is 4.97. The van der Waals surface area contributed by atoms with Crippen molar-refractivity contribution in [1.29, 1.82) is 0 Å². The number of carbonyl (C=O) groups excluding carboxylic acids is 2. The smallest absolute Gasteiger partial charge is 0.228 e. The van der Waals surface area contributed by atoms with Gasteiger partial charge in [-0.15, -0.1) is 21.5 Å². The molecule has 4 rings (SSSR count). The molecule has 148 valence electrons. The molecule has 2 fully saturated rings. The molecule has 0 radical (unpaired) electrons. The topological polar surface area (TPSA) is 66.4 Å². The van der Waals surface area contributed by atoms with E-state index < -0.39 is 0 Å². The molecule has 1 aromatic heterocycles. The third kappa shape index (κ3) is 3.68. The Labute approximate surface area is 169 Å². The predicted octanol–water partition coefficient (Wildman–Crippen LogP) is 3.22. The summed E-state index contributed by atoms with van der Waals surface area (Å²) in [4.78, 5) is 29.3. The number of rotatable bonds is 3. The molecule has 0 saturated carbocycles. The zero-order chi connectivity index (χ0) is 19.8. The Morgan fingerprint density at radius 1 is 1.11 bits per heavy atom. The number of likely N-dealkylation sites (tertiary alicyclic amines) is 1. The van der Waals surface area contributed by atoms with Gasteiger partial charge in [-0.2, -0.15) is 0 Å². The molecule has 3 heterocycles. The molecular formula is C21H26N4O2S. The summed E-state index contributed by atoms with van der Waals surface area (Å²) in [5, 5.41) is 10.5. The molecule has 7 heteroatoms. The molecule has 6 nitrogen and oxygen atoms in total. The summed E-state index contributed by atoms with van der Waals surface area (Å²) >= 11 is 1.65. The van der Waals surface area contributed by atoms with E-state index in [1.54, 1.807) is 16.2 Å². The maximum atomic E-state index is 13.0. The van der Waals surface area contributed by atoms with Gasteiger partial charge in [-0.25, -0.2) is 0 Å². The van der Waals surface area contributed by atoms with Crippen LogP contribution >= 0.6 is 11.3 Å². The van der Waals surface area contributed by atoms with E-state index in [-0.39, 0.29) is 17.7 Å². The van der Waals surface area contributed by atoms with Crippen molar-refractivity contribution in [2.24, 2.45) is 5.92 Å². The van der Waals surface area contributed by atoms with Gasteiger partial charge in [0.1, 0.15) is 10.0 Å². The first-order valence-corrected chi connectivity index (χ1v) is 10.7.